The summed E-state index contributed by atoms with van der Waals surface area (Å²) < 4.78 is 44.6. The Labute approximate surface area is 168 Å². The van der Waals surface area contributed by atoms with Crippen molar-refractivity contribution in [3.8, 4) is 5.75 Å². The van der Waals surface area contributed by atoms with Gasteiger partial charge in [0.25, 0.3) is 0 Å². The second-order valence-electron chi connectivity index (χ2n) is 4.86. The smallest absolute Gasteiger partial charge is 0.416 e. The fraction of sp³-hybridized carbons (Fsp3) is 0.188. The number of hydrogen-bond donors (Lipinski definition) is 2. The molecule has 0 aliphatic rings. The summed E-state index contributed by atoms with van der Waals surface area (Å²) in [5.74, 6) is 0.638. The average molecular weight is 530 g/mol. The van der Waals surface area contributed by atoms with Crippen molar-refractivity contribution in [3.05, 3.63) is 58.1 Å². The molecule has 4 nitrogen and oxygen atoms in total. The van der Waals surface area contributed by atoms with Crippen molar-refractivity contribution in [2.24, 2.45) is 10.7 Å². The molecule has 0 aliphatic carbocycles. The Morgan fingerprint density at radius 2 is 1.96 bits per heavy atom. The summed E-state index contributed by atoms with van der Waals surface area (Å²) in [5, 5.41) is 2.81. The van der Waals surface area contributed by atoms with E-state index in [1.54, 1.807) is 24.3 Å². The van der Waals surface area contributed by atoms with Crippen LogP contribution < -0.4 is 15.8 Å². The van der Waals surface area contributed by atoms with Crippen LogP contribution >= 0.6 is 39.9 Å². The predicted molar refractivity (Wildman–Crippen MR) is 107 cm³/mol. The van der Waals surface area contributed by atoms with E-state index in [-0.39, 0.29) is 42.0 Å². The zero-order valence-corrected chi connectivity index (χ0v) is 17.0. The monoisotopic (exact) mass is 529 g/mol. The van der Waals surface area contributed by atoms with Crippen molar-refractivity contribution in [1.29, 1.82) is 0 Å². The first-order chi connectivity index (χ1) is 11.3. The lowest BCUT2D eigenvalue weighted by Crippen LogP contribution is -2.22. The summed E-state index contributed by atoms with van der Waals surface area (Å²) in [6.07, 6.45) is -4.45. The first-order valence-electron chi connectivity index (χ1n) is 6.86. The summed E-state index contributed by atoms with van der Waals surface area (Å²) in [4.78, 5) is 3.98. The third-order valence-electron chi connectivity index (χ3n) is 3.14. The van der Waals surface area contributed by atoms with Crippen molar-refractivity contribution in [1.82, 2.24) is 0 Å². The number of anilines is 1. The number of nitrogens with one attached hydrogen (secondary N) is 1. The van der Waals surface area contributed by atoms with Crippen LogP contribution in [0.25, 0.3) is 0 Å². The first kappa shape index (κ1) is 21.6. The van der Waals surface area contributed by atoms with E-state index in [9.17, 15) is 13.2 Å². The van der Waals surface area contributed by atoms with Crippen molar-refractivity contribution in [3.63, 3.8) is 0 Å². The molecular weight excluding hydrogens is 514 g/mol. The second kappa shape index (κ2) is 9.27. The molecule has 2 aromatic rings. The van der Waals surface area contributed by atoms with Crippen LogP contribution in [0.3, 0.4) is 0 Å². The number of nitrogens with two attached hydrogens (primary N) is 1. The zero-order valence-electron chi connectivity index (χ0n) is 13.1. The van der Waals surface area contributed by atoms with Gasteiger partial charge in [-0.15, -0.1) is 24.0 Å². The van der Waals surface area contributed by atoms with Gasteiger partial charge in [0, 0.05) is 16.2 Å². The van der Waals surface area contributed by atoms with Crippen LogP contribution in [-0.4, -0.2) is 13.1 Å². The maximum atomic E-state index is 13.1. The quantitative estimate of drug-likeness (QED) is 0.332. The van der Waals surface area contributed by atoms with E-state index >= 15 is 0 Å². The number of aliphatic imine (C=N–C) groups is 1. The van der Waals surface area contributed by atoms with Gasteiger partial charge in [0.05, 0.1) is 19.2 Å². The summed E-state index contributed by atoms with van der Waals surface area (Å²) in [6, 6.07) is 10.9. The molecule has 0 bridgehead atoms. The Morgan fingerprint density at radius 3 is 2.60 bits per heavy atom. The van der Waals surface area contributed by atoms with E-state index < -0.39 is 11.7 Å². The highest BCUT2D eigenvalue weighted by Gasteiger charge is 2.33. The van der Waals surface area contributed by atoms with Gasteiger partial charge in [-0.05, 0) is 29.8 Å². The minimum absolute atomic E-state index is 0. The van der Waals surface area contributed by atoms with E-state index in [0.717, 1.165) is 6.07 Å². The lowest BCUT2D eigenvalue weighted by atomic mass is 10.1. The molecule has 0 radical (unpaired) electrons. The van der Waals surface area contributed by atoms with Crippen molar-refractivity contribution < 1.29 is 17.9 Å². The van der Waals surface area contributed by atoms with Crippen LogP contribution in [0.5, 0.6) is 5.75 Å². The number of nitrogens with zero attached hydrogens (tertiary/aromatic N) is 1. The number of ether oxygens (including phenoxy) is 1. The van der Waals surface area contributed by atoms with E-state index in [2.05, 4.69) is 26.2 Å². The van der Waals surface area contributed by atoms with Gasteiger partial charge >= 0.3 is 6.18 Å². The molecule has 0 spiro atoms. The summed E-state index contributed by atoms with van der Waals surface area (Å²) in [5.41, 5.74) is 5.67. The number of benzene rings is 2. The Hall–Kier alpha value is -1.49. The van der Waals surface area contributed by atoms with Gasteiger partial charge in [-0.3, -0.25) is 0 Å². The third-order valence-corrected chi connectivity index (χ3v) is 3.63. The maximum Gasteiger partial charge on any atom is 0.416 e. The molecule has 0 unspecified atom stereocenters. The molecule has 136 valence electrons. The standard InChI is InChI=1S/C16H15BrF3N3O.HI/c1-24-13-4-2-3-12(8-13)23-15(21)22-9-10-5-6-11(17)7-14(10)16(18,19)20;/h2-8H,9H2,1H3,(H3,21,22,23);1H. The van der Waals surface area contributed by atoms with E-state index in [1.165, 1.54) is 19.2 Å². The molecule has 0 atom stereocenters. The van der Waals surface area contributed by atoms with Crippen LogP contribution in [0, 0.1) is 0 Å². The minimum atomic E-state index is -4.45. The highest BCUT2D eigenvalue weighted by Crippen LogP contribution is 2.34. The fourth-order valence-electron chi connectivity index (χ4n) is 2.01. The summed E-state index contributed by atoms with van der Waals surface area (Å²) in [7, 11) is 1.53. The van der Waals surface area contributed by atoms with Crippen LogP contribution in [0.1, 0.15) is 11.1 Å². The molecule has 0 amide bonds. The Balaban J connectivity index is 0.00000312. The topological polar surface area (TPSA) is 59.6 Å². The Morgan fingerprint density at radius 1 is 1.24 bits per heavy atom. The number of hydrogen-bond acceptors (Lipinski definition) is 2. The van der Waals surface area contributed by atoms with Gasteiger partial charge in [-0.25, -0.2) is 4.99 Å². The molecule has 2 rings (SSSR count). The maximum absolute atomic E-state index is 13.1. The molecule has 0 aromatic heterocycles. The van der Waals surface area contributed by atoms with Gasteiger partial charge in [-0.2, -0.15) is 13.2 Å². The molecule has 0 fully saturated rings. The Bertz CT molecular complexity index is 754. The van der Waals surface area contributed by atoms with Gasteiger partial charge < -0.3 is 15.8 Å². The van der Waals surface area contributed by atoms with Crippen LogP contribution in [0.2, 0.25) is 0 Å². The molecule has 25 heavy (non-hydrogen) atoms. The lowest BCUT2D eigenvalue weighted by molar-refractivity contribution is -0.138. The molecule has 0 heterocycles. The Kier molecular flexibility index (Phi) is 8.00. The van der Waals surface area contributed by atoms with Crippen LogP contribution in [-0.2, 0) is 12.7 Å². The van der Waals surface area contributed by atoms with Crippen LogP contribution in [0.15, 0.2) is 51.9 Å². The third kappa shape index (κ3) is 6.38. The first-order valence-corrected chi connectivity index (χ1v) is 7.65. The lowest BCUT2D eigenvalue weighted by Gasteiger charge is -2.12. The SMILES string of the molecule is COc1cccc(NC(N)=NCc2ccc(Br)cc2C(F)(F)F)c1.I. The fourth-order valence-corrected chi connectivity index (χ4v) is 2.37. The molecule has 3 N–H and O–H groups in total. The number of methoxy groups -OCH3 is 1. The molecule has 2 aromatic carbocycles. The van der Waals surface area contributed by atoms with Gasteiger partial charge in [-0.1, -0.05) is 28.1 Å². The zero-order chi connectivity index (χ0) is 17.7. The van der Waals surface area contributed by atoms with E-state index in [1.807, 2.05) is 0 Å². The molecule has 0 saturated carbocycles. The molecular formula is C16H16BrF3IN3O. The average Bonchev–Trinajstić information content (AvgIpc) is 2.53. The van der Waals surface area contributed by atoms with Gasteiger partial charge in [0.1, 0.15) is 5.75 Å². The van der Waals surface area contributed by atoms with Crippen molar-refractivity contribution in [2.75, 3.05) is 12.4 Å². The molecule has 9 heteroatoms. The van der Waals surface area contributed by atoms with E-state index in [4.69, 9.17) is 10.5 Å². The van der Waals surface area contributed by atoms with Crippen LogP contribution in [0.4, 0.5) is 18.9 Å². The minimum Gasteiger partial charge on any atom is -0.497 e. The van der Waals surface area contributed by atoms with Crippen molar-refractivity contribution in [2.45, 2.75) is 12.7 Å². The van der Waals surface area contributed by atoms with Gasteiger partial charge in [0.15, 0.2) is 5.96 Å². The highest BCUT2D eigenvalue weighted by molar-refractivity contribution is 14.0. The predicted octanol–water partition coefficient (Wildman–Crippen LogP) is 5.02. The molecule has 0 aliphatic heterocycles. The van der Waals surface area contributed by atoms with Gasteiger partial charge in [0.2, 0.25) is 0 Å². The number of halogens is 5. The number of rotatable bonds is 4. The number of guanidine groups is 1. The highest BCUT2D eigenvalue weighted by atomic mass is 127. The van der Waals surface area contributed by atoms with E-state index in [0.29, 0.717) is 15.9 Å². The number of alkyl halides is 3. The summed E-state index contributed by atoms with van der Waals surface area (Å²) >= 11 is 3.04. The normalized spacial score (nSPS) is 11.6. The summed E-state index contributed by atoms with van der Waals surface area (Å²) in [6.45, 7) is -0.190. The second-order valence-corrected chi connectivity index (χ2v) is 5.77. The van der Waals surface area contributed by atoms with Crippen molar-refractivity contribution >= 4 is 51.6 Å². The largest absolute Gasteiger partial charge is 0.497 e. The molecule has 0 saturated heterocycles.